The minimum absolute atomic E-state index is 0.0136. The molecule has 0 aromatic heterocycles. The lowest BCUT2D eigenvalue weighted by atomic mass is 9.85. The molecule has 0 aliphatic rings. The zero-order valence-corrected chi connectivity index (χ0v) is 22.6. The van der Waals surface area contributed by atoms with E-state index in [4.69, 9.17) is 9.47 Å². The van der Waals surface area contributed by atoms with Gasteiger partial charge in [-0.25, -0.2) is 0 Å². The third-order valence-electron chi connectivity index (χ3n) is 6.88. The zero-order valence-electron chi connectivity index (χ0n) is 22.6. The van der Waals surface area contributed by atoms with Crippen LogP contribution in [0.1, 0.15) is 150 Å². The fraction of sp³-hybridized carbons (Fsp3) is 0.966. The molecule has 0 fully saturated rings. The largest absolute Gasteiger partial charge is 0.465 e. The minimum Gasteiger partial charge on any atom is -0.465 e. The van der Waals surface area contributed by atoms with Crippen LogP contribution in [0, 0.1) is 11.8 Å². The van der Waals surface area contributed by atoms with Crippen molar-refractivity contribution in [1.29, 1.82) is 0 Å². The predicted octanol–water partition coefficient (Wildman–Crippen LogP) is 9.27. The Kier molecular flexibility index (Phi) is 23.2. The van der Waals surface area contributed by atoms with Crippen molar-refractivity contribution in [1.82, 2.24) is 0 Å². The van der Waals surface area contributed by atoms with Gasteiger partial charge in [-0.05, 0) is 38.0 Å². The van der Waals surface area contributed by atoms with Crippen LogP contribution < -0.4 is 0 Å². The molecule has 3 atom stereocenters. The van der Waals surface area contributed by atoms with Gasteiger partial charge in [-0.2, -0.15) is 0 Å². The molecule has 0 N–H and O–H groups in total. The van der Waals surface area contributed by atoms with E-state index in [0.717, 1.165) is 51.6 Å². The van der Waals surface area contributed by atoms with Gasteiger partial charge in [-0.1, -0.05) is 118 Å². The summed E-state index contributed by atoms with van der Waals surface area (Å²) in [6, 6.07) is 0. The Labute approximate surface area is 201 Å². The Balaban J connectivity index is 4.69. The van der Waals surface area contributed by atoms with Gasteiger partial charge in [0.1, 0.15) is 0 Å². The Hall–Kier alpha value is -0.570. The summed E-state index contributed by atoms with van der Waals surface area (Å²) >= 11 is 0. The summed E-state index contributed by atoms with van der Waals surface area (Å²) < 4.78 is 12.1. The normalized spacial score (nSPS) is 14.3. The summed E-state index contributed by atoms with van der Waals surface area (Å²) in [6.07, 6.45) is 21.8. The number of rotatable bonds is 24. The first-order chi connectivity index (χ1) is 15.6. The molecule has 3 heteroatoms. The van der Waals surface area contributed by atoms with Gasteiger partial charge in [0.15, 0.2) is 0 Å². The molecule has 0 aliphatic carbocycles. The average molecular weight is 455 g/mol. The summed E-state index contributed by atoms with van der Waals surface area (Å²) in [5, 5.41) is 0. The summed E-state index contributed by atoms with van der Waals surface area (Å²) in [6.45, 7) is 12.6. The van der Waals surface area contributed by atoms with Gasteiger partial charge < -0.3 is 9.47 Å². The van der Waals surface area contributed by atoms with E-state index in [9.17, 15) is 4.79 Å². The molecule has 0 amide bonds. The summed E-state index contributed by atoms with van der Waals surface area (Å²) in [4.78, 5) is 12.7. The second-order valence-corrected chi connectivity index (χ2v) is 9.76. The fourth-order valence-electron chi connectivity index (χ4n) is 4.54. The van der Waals surface area contributed by atoms with Crippen LogP contribution in [0.15, 0.2) is 0 Å². The van der Waals surface area contributed by atoms with E-state index in [1.54, 1.807) is 0 Å². The molecule has 0 aliphatic heterocycles. The van der Waals surface area contributed by atoms with Gasteiger partial charge in [0.05, 0.1) is 18.6 Å². The quantitative estimate of drug-likeness (QED) is 0.108. The number of hydrogen-bond acceptors (Lipinski definition) is 3. The second kappa shape index (κ2) is 23.6. The molecular formula is C29H58O3. The zero-order chi connectivity index (χ0) is 23.9. The van der Waals surface area contributed by atoms with E-state index in [-0.39, 0.29) is 11.9 Å². The van der Waals surface area contributed by atoms with Gasteiger partial charge in [0, 0.05) is 6.61 Å². The van der Waals surface area contributed by atoms with Crippen molar-refractivity contribution >= 4 is 5.97 Å². The van der Waals surface area contributed by atoms with Crippen molar-refractivity contribution in [3.63, 3.8) is 0 Å². The maximum Gasteiger partial charge on any atom is 0.308 e. The lowest BCUT2D eigenvalue weighted by Gasteiger charge is -2.29. The first-order valence-electron chi connectivity index (χ1n) is 14.4. The van der Waals surface area contributed by atoms with Crippen LogP contribution in [-0.2, 0) is 14.3 Å². The third-order valence-corrected chi connectivity index (χ3v) is 6.88. The molecule has 0 aromatic carbocycles. The van der Waals surface area contributed by atoms with Crippen LogP contribution in [0.3, 0.4) is 0 Å². The molecule has 0 bridgehead atoms. The highest BCUT2D eigenvalue weighted by Gasteiger charge is 2.27. The topological polar surface area (TPSA) is 35.5 Å². The van der Waals surface area contributed by atoms with Crippen LogP contribution in [-0.4, -0.2) is 25.3 Å². The molecule has 0 aromatic rings. The second-order valence-electron chi connectivity index (χ2n) is 9.76. The lowest BCUT2D eigenvalue weighted by Crippen LogP contribution is -2.29. The van der Waals surface area contributed by atoms with Crippen molar-refractivity contribution in [2.75, 3.05) is 13.2 Å². The van der Waals surface area contributed by atoms with Crippen LogP contribution in [0.5, 0.6) is 0 Å². The number of carbonyl (C=O) groups excluding carboxylic acids is 1. The van der Waals surface area contributed by atoms with Crippen LogP contribution in [0.2, 0.25) is 0 Å². The summed E-state index contributed by atoms with van der Waals surface area (Å²) in [5.74, 6) is 0.482. The smallest absolute Gasteiger partial charge is 0.308 e. The van der Waals surface area contributed by atoms with Crippen LogP contribution >= 0.6 is 0 Å². The lowest BCUT2D eigenvalue weighted by molar-refractivity contribution is -0.150. The standard InChI is InChI=1S/C29H58O3/c1-6-11-14-16-18-21-23-31-28(22-19-17-15-12-7-2)26(9-4)25-27(10-5)29(30)32-24-20-13-8-3/h26-28H,6-25H2,1-5H3. The molecule has 0 saturated heterocycles. The van der Waals surface area contributed by atoms with Crippen molar-refractivity contribution in [3.05, 3.63) is 0 Å². The van der Waals surface area contributed by atoms with E-state index in [2.05, 4.69) is 34.6 Å². The number of unbranched alkanes of at least 4 members (excludes halogenated alkanes) is 11. The predicted molar refractivity (Wildman–Crippen MR) is 139 cm³/mol. The molecular weight excluding hydrogens is 396 g/mol. The maximum absolute atomic E-state index is 12.7. The van der Waals surface area contributed by atoms with E-state index >= 15 is 0 Å². The van der Waals surface area contributed by atoms with Crippen molar-refractivity contribution in [2.45, 2.75) is 156 Å². The Morgan fingerprint density at radius 1 is 0.625 bits per heavy atom. The Morgan fingerprint density at radius 3 is 1.75 bits per heavy atom. The van der Waals surface area contributed by atoms with Crippen LogP contribution in [0.4, 0.5) is 0 Å². The third kappa shape index (κ3) is 17.0. The first kappa shape index (κ1) is 31.4. The molecule has 0 saturated carbocycles. The van der Waals surface area contributed by atoms with E-state index in [1.807, 2.05) is 0 Å². The molecule has 0 rings (SSSR count). The number of esters is 1. The molecule has 0 radical (unpaired) electrons. The number of carbonyl (C=O) groups is 1. The van der Waals surface area contributed by atoms with Crippen molar-refractivity contribution in [2.24, 2.45) is 11.8 Å². The summed E-state index contributed by atoms with van der Waals surface area (Å²) in [5.41, 5.74) is 0. The maximum atomic E-state index is 12.7. The number of ether oxygens (including phenoxy) is 2. The fourth-order valence-corrected chi connectivity index (χ4v) is 4.54. The Morgan fingerprint density at radius 2 is 1.16 bits per heavy atom. The first-order valence-corrected chi connectivity index (χ1v) is 14.4. The van der Waals surface area contributed by atoms with Crippen molar-refractivity contribution < 1.29 is 14.3 Å². The van der Waals surface area contributed by atoms with Crippen molar-refractivity contribution in [3.8, 4) is 0 Å². The van der Waals surface area contributed by atoms with Gasteiger partial charge in [0.25, 0.3) is 0 Å². The summed E-state index contributed by atoms with van der Waals surface area (Å²) in [7, 11) is 0. The number of hydrogen-bond donors (Lipinski definition) is 0. The Bertz CT molecular complexity index is 396. The van der Waals surface area contributed by atoms with E-state index in [1.165, 1.54) is 70.6 Å². The molecule has 0 spiro atoms. The van der Waals surface area contributed by atoms with Gasteiger partial charge in [-0.15, -0.1) is 0 Å². The highest BCUT2D eigenvalue weighted by atomic mass is 16.5. The SMILES string of the molecule is CCCCCCCCOC(CCCCCCC)C(CC)CC(CC)C(=O)OCCCCC. The highest BCUT2D eigenvalue weighted by Crippen LogP contribution is 2.28. The molecule has 192 valence electrons. The average Bonchev–Trinajstić information content (AvgIpc) is 2.80. The molecule has 3 nitrogen and oxygen atoms in total. The minimum atomic E-state index is 0.0136. The molecule has 3 unspecified atom stereocenters. The van der Waals surface area contributed by atoms with E-state index in [0.29, 0.717) is 18.6 Å². The van der Waals surface area contributed by atoms with Gasteiger partial charge >= 0.3 is 5.97 Å². The van der Waals surface area contributed by atoms with Gasteiger partial charge in [-0.3, -0.25) is 4.79 Å². The highest BCUT2D eigenvalue weighted by molar-refractivity contribution is 5.72. The monoisotopic (exact) mass is 454 g/mol. The molecule has 32 heavy (non-hydrogen) atoms. The van der Waals surface area contributed by atoms with Gasteiger partial charge in [0.2, 0.25) is 0 Å². The molecule has 0 heterocycles. The van der Waals surface area contributed by atoms with E-state index < -0.39 is 0 Å². The van der Waals surface area contributed by atoms with Crippen LogP contribution in [0.25, 0.3) is 0 Å².